The lowest BCUT2D eigenvalue weighted by Crippen LogP contribution is -2.31. The summed E-state index contributed by atoms with van der Waals surface area (Å²) in [7, 11) is 1.56. The van der Waals surface area contributed by atoms with Crippen LogP contribution in [-0.4, -0.2) is 45.7 Å². The van der Waals surface area contributed by atoms with Crippen molar-refractivity contribution < 1.29 is 24.0 Å². The number of allylic oxidation sites excluding steroid dienone is 2. The number of carbonyl (C=O) groups excluding carboxylic acids is 1. The van der Waals surface area contributed by atoms with E-state index in [0.717, 1.165) is 42.5 Å². The number of nitrogens with zero attached hydrogens (tertiary/aromatic N) is 1. The molecule has 1 heterocycles. The molecule has 0 saturated heterocycles. The van der Waals surface area contributed by atoms with Gasteiger partial charge in [-0.15, -0.1) is 0 Å². The molecule has 2 aliphatic rings. The molecular formula is C24H31ClN2O5. The number of esters is 1. The second kappa shape index (κ2) is 11.6. The number of aliphatic imine (C=N–C) groups is 1. The molecule has 0 radical (unpaired) electrons. The first-order valence-corrected chi connectivity index (χ1v) is 11.2. The fraction of sp³-hybridized carbons (Fsp3) is 0.500. The van der Waals surface area contributed by atoms with E-state index in [0.29, 0.717) is 28.6 Å². The summed E-state index contributed by atoms with van der Waals surface area (Å²) in [6, 6.07) is 5.48. The largest absolute Gasteiger partial charge is 0.460 e. The first-order chi connectivity index (χ1) is 15.5. The Labute approximate surface area is 194 Å². The summed E-state index contributed by atoms with van der Waals surface area (Å²) in [6.45, 7) is 8.13. The summed E-state index contributed by atoms with van der Waals surface area (Å²) < 4.78 is 10.5. The van der Waals surface area contributed by atoms with E-state index >= 15 is 0 Å². The van der Waals surface area contributed by atoms with Crippen LogP contribution in [0.15, 0.2) is 45.7 Å². The van der Waals surface area contributed by atoms with Gasteiger partial charge in [0.15, 0.2) is 0 Å². The van der Waals surface area contributed by atoms with Gasteiger partial charge in [0, 0.05) is 24.4 Å². The molecule has 1 aromatic carbocycles. The molecule has 0 spiro atoms. The highest BCUT2D eigenvalue weighted by molar-refractivity contribution is 6.33. The van der Waals surface area contributed by atoms with Crippen LogP contribution in [0.2, 0.25) is 5.02 Å². The van der Waals surface area contributed by atoms with E-state index < -0.39 is 11.9 Å². The van der Waals surface area contributed by atoms with E-state index in [9.17, 15) is 4.79 Å². The predicted octanol–water partition coefficient (Wildman–Crippen LogP) is 4.99. The summed E-state index contributed by atoms with van der Waals surface area (Å²) in [5.74, 6) is -0.911. The van der Waals surface area contributed by atoms with Gasteiger partial charge < -0.3 is 14.8 Å². The normalized spacial score (nSPS) is 19.3. The molecule has 7 nitrogen and oxygen atoms in total. The van der Waals surface area contributed by atoms with Gasteiger partial charge in [-0.3, -0.25) is 4.99 Å². The highest BCUT2D eigenvalue weighted by Gasteiger charge is 2.36. The molecule has 1 aliphatic carbocycles. The van der Waals surface area contributed by atoms with Crippen LogP contribution in [0.3, 0.4) is 0 Å². The van der Waals surface area contributed by atoms with E-state index in [-0.39, 0.29) is 19.3 Å². The number of nitrogens with one attached hydrogen (secondary N) is 1. The first kappa shape index (κ1) is 24.5. The zero-order valence-electron chi connectivity index (χ0n) is 18.9. The highest BCUT2D eigenvalue weighted by Crippen LogP contribution is 2.44. The lowest BCUT2D eigenvalue weighted by Gasteiger charge is -2.32. The van der Waals surface area contributed by atoms with Crippen LogP contribution in [0.4, 0.5) is 5.69 Å². The Morgan fingerprint density at radius 1 is 1.22 bits per heavy atom. The van der Waals surface area contributed by atoms with Crippen LogP contribution in [0, 0.1) is 0 Å². The molecule has 0 aromatic heterocycles. The van der Waals surface area contributed by atoms with Gasteiger partial charge in [-0.1, -0.05) is 36.6 Å². The van der Waals surface area contributed by atoms with E-state index in [1.807, 2.05) is 26.0 Å². The van der Waals surface area contributed by atoms with Crippen LogP contribution in [0.25, 0.3) is 0 Å². The third-order valence-corrected chi connectivity index (χ3v) is 6.15. The molecule has 1 atom stereocenters. The van der Waals surface area contributed by atoms with Crippen molar-refractivity contribution in [3.63, 3.8) is 0 Å². The van der Waals surface area contributed by atoms with Crippen molar-refractivity contribution in [3.05, 3.63) is 51.3 Å². The molecular weight excluding hydrogens is 432 g/mol. The molecule has 1 saturated carbocycles. The van der Waals surface area contributed by atoms with Gasteiger partial charge in [-0.05, 0) is 50.6 Å². The van der Waals surface area contributed by atoms with E-state index in [1.165, 1.54) is 0 Å². The predicted molar refractivity (Wildman–Crippen MR) is 124 cm³/mol. The van der Waals surface area contributed by atoms with Crippen LogP contribution in [0.1, 0.15) is 51.0 Å². The number of benzene rings is 1. The summed E-state index contributed by atoms with van der Waals surface area (Å²) in [5.41, 5.74) is 4.18. The lowest BCUT2D eigenvalue weighted by atomic mass is 9.80. The van der Waals surface area contributed by atoms with Gasteiger partial charge in [0.05, 0.1) is 29.0 Å². The van der Waals surface area contributed by atoms with Crippen molar-refractivity contribution in [2.45, 2.75) is 51.6 Å². The summed E-state index contributed by atoms with van der Waals surface area (Å²) in [4.78, 5) is 28.6. The molecule has 8 heteroatoms. The number of dihydropyridines is 1. The Morgan fingerprint density at radius 3 is 2.66 bits per heavy atom. The maximum absolute atomic E-state index is 13.1. The molecule has 174 valence electrons. The van der Waals surface area contributed by atoms with Gasteiger partial charge in [-0.2, -0.15) is 0 Å². The molecule has 0 bridgehead atoms. The Balaban J connectivity index is 1.96. The van der Waals surface area contributed by atoms with E-state index in [2.05, 4.69) is 17.0 Å². The fourth-order valence-electron chi connectivity index (χ4n) is 4.25. The summed E-state index contributed by atoms with van der Waals surface area (Å²) in [6.07, 6.45) is 4.40. The Bertz CT molecular complexity index is 906. The van der Waals surface area contributed by atoms with Crippen molar-refractivity contribution in [2.24, 2.45) is 4.99 Å². The van der Waals surface area contributed by atoms with Crippen molar-refractivity contribution >= 4 is 30.0 Å². The van der Waals surface area contributed by atoms with Crippen LogP contribution >= 0.6 is 11.6 Å². The number of hydrogen-bond donors (Lipinski definition) is 1. The second-order valence-electron chi connectivity index (χ2n) is 7.98. The monoisotopic (exact) mass is 462 g/mol. The Hall–Kier alpha value is -2.19. The topological polar surface area (TPSA) is 78.4 Å². The third kappa shape index (κ3) is 5.59. The Morgan fingerprint density at radius 2 is 1.97 bits per heavy atom. The van der Waals surface area contributed by atoms with E-state index in [1.54, 1.807) is 13.2 Å². The molecule has 1 aromatic rings. The number of halogens is 1. The number of ether oxygens (including phenoxy) is 2. The molecule has 1 aliphatic heterocycles. The average molecular weight is 463 g/mol. The summed E-state index contributed by atoms with van der Waals surface area (Å²) >= 11 is 6.42. The molecule has 32 heavy (non-hydrogen) atoms. The minimum Gasteiger partial charge on any atom is -0.460 e. The molecule has 1 N–H and O–H groups in total. The number of rotatable bonds is 10. The van der Waals surface area contributed by atoms with Crippen LogP contribution in [-0.2, 0) is 24.0 Å². The maximum atomic E-state index is 13.1. The number of para-hydroxylation sites is 1. The lowest BCUT2D eigenvalue weighted by molar-refractivity contribution is -0.317. The van der Waals surface area contributed by atoms with Crippen LogP contribution < -0.4 is 5.32 Å². The molecule has 1 fully saturated rings. The quantitative estimate of drug-likeness (QED) is 0.173. The number of hydrogen-bond acceptors (Lipinski definition) is 7. The van der Waals surface area contributed by atoms with Crippen molar-refractivity contribution in [1.82, 2.24) is 5.32 Å². The average Bonchev–Trinajstić information content (AvgIpc) is 3.28. The van der Waals surface area contributed by atoms with Gasteiger partial charge in [0.2, 0.25) is 0 Å². The van der Waals surface area contributed by atoms with Crippen molar-refractivity contribution in [3.8, 4) is 0 Å². The molecule has 3 rings (SSSR count). The smallest absolute Gasteiger partial charge is 0.336 e. The van der Waals surface area contributed by atoms with Crippen molar-refractivity contribution in [1.29, 1.82) is 0 Å². The standard InChI is InChI=1S/C24H31ClN2O5/c1-15-19(14-31-32-17-8-5-6-9-17)22(18-10-7-11-20(25)23(18)26-3)21(16(2)27-15)24(28)30-13-12-29-4/h7,10-11,17,22,27H,3,5-6,8-9,12-14H2,1-2,4H3. The van der Waals surface area contributed by atoms with Gasteiger partial charge >= 0.3 is 5.97 Å². The molecule has 0 amide bonds. The highest BCUT2D eigenvalue weighted by atomic mass is 35.5. The van der Waals surface area contributed by atoms with Gasteiger partial charge in [0.1, 0.15) is 13.2 Å². The summed E-state index contributed by atoms with van der Waals surface area (Å²) in [5, 5.41) is 3.75. The number of methoxy groups -OCH3 is 1. The maximum Gasteiger partial charge on any atom is 0.336 e. The number of carbonyl (C=O) groups is 1. The minimum atomic E-state index is -0.474. The minimum absolute atomic E-state index is 0.109. The fourth-order valence-corrected chi connectivity index (χ4v) is 4.49. The van der Waals surface area contributed by atoms with Gasteiger partial charge in [0.25, 0.3) is 0 Å². The Kier molecular flexibility index (Phi) is 8.87. The second-order valence-corrected chi connectivity index (χ2v) is 8.38. The SMILES string of the molecule is C=Nc1c(Cl)cccc1C1C(COOC2CCCC2)=C(C)NC(C)=C1C(=O)OCCOC. The first-order valence-electron chi connectivity index (χ1n) is 10.8. The van der Waals surface area contributed by atoms with Crippen LogP contribution in [0.5, 0.6) is 0 Å². The van der Waals surface area contributed by atoms with Gasteiger partial charge in [-0.25, -0.2) is 14.6 Å². The zero-order chi connectivity index (χ0) is 23.1. The molecule has 1 unspecified atom stereocenters. The third-order valence-electron chi connectivity index (χ3n) is 5.85. The van der Waals surface area contributed by atoms with E-state index in [4.69, 9.17) is 30.8 Å². The van der Waals surface area contributed by atoms with Crippen molar-refractivity contribution in [2.75, 3.05) is 26.9 Å². The zero-order valence-corrected chi connectivity index (χ0v) is 19.7.